The Labute approximate surface area is 187 Å². The van der Waals surface area contributed by atoms with E-state index in [2.05, 4.69) is 5.43 Å². The summed E-state index contributed by atoms with van der Waals surface area (Å²) in [6, 6.07) is 26.1. The first-order valence-corrected chi connectivity index (χ1v) is 10.9. The van der Waals surface area contributed by atoms with Crippen LogP contribution in [0, 0.1) is 5.92 Å². The molecule has 0 unspecified atom stereocenters. The maximum absolute atomic E-state index is 13.6. The van der Waals surface area contributed by atoms with E-state index in [0.29, 0.717) is 24.6 Å². The zero-order valence-electron chi connectivity index (χ0n) is 17.8. The predicted molar refractivity (Wildman–Crippen MR) is 122 cm³/mol. The molecular formula is C26H25N3O3. The molecule has 0 saturated carbocycles. The molecule has 6 nitrogen and oxygen atoms in total. The number of carbonyl (C=O) groups is 2. The molecule has 1 N–H and O–H groups in total. The van der Waals surface area contributed by atoms with Crippen molar-refractivity contribution < 1.29 is 14.3 Å². The summed E-state index contributed by atoms with van der Waals surface area (Å²) < 4.78 is 5.50. The first-order valence-electron chi connectivity index (χ1n) is 10.9. The van der Waals surface area contributed by atoms with Gasteiger partial charge in [-0.1, -0.05) is 60.7 Å². The summed E-state index contributed by atoms with van der Waals surface area (Å²) in [6.07, 6.45) is 0. The van der Waals surface area contributed by atoms with Gasteiger partial charge in [0.15, 0.2) is 0 Å². The molecule has 0 aliphatic carbocycles. The Kier molecular flexibility index (Phi) is 5.47. The number of amides is 2. The maximum atomic E-state index is 13.6. The molecule has 5 rings (SSSR count). The number of hydrogen-bond donors (Lipinski definition) is 1. The molecule has 0 bridgehead atoms. The monoisotopic (exact) mass is 427 g/mol. The normalized spacial score (nSPS) is 22.9. The van der Waals surface area contributed by atoms with Crippen LogP contribution in [0.5, 0.6) is 5.75 Å². The molecule has 3 aromatic rings. The number of rotatable bonds is 6. The number of carbonyl (C=O) groups excluding carboxylic acids is 2. The maximum Gasteiger partial charge on any atom is 0.253 e. The molecule has 32 heavy (non-hydrogen) atoms. The van der Waals surface area contributed by atoms with Crippen LogP contribution >= 0.6 is 0 Å². The quantitative estimate of drug-likeness (QED) is 0.608. The minimum atomic E-state index is -0.570. The van der Waals surface area contributed by atoms with Crippen molar-refractivity contribution in [1.29, 1.82) is 0 Å². The van der Waals surface area contributed by atoms with Gasteiger partial charge < -0.3 is 4.74 Å². The van der Waals surface area contributed by atoms with Crippen molar-refractivity contribution in [2.75, 3.05) is 11.5 Å². The highest BCUT2D eigenvalue weighted by Gasteiger charge is 2.58. The Morgan fingerprint density at radius 2 is 1.50 bits per heavy atom. The lowest BCUT2D eigenvalue weighted by atomic mass is 9.91. The predicted octanol–water partition coefficient (Wildman–Crippen LogP) is 3.71. The fourth-order valence-electron chi connectivity index (χ4n) is 4.65. The second-order valence-electron chi connectivity index (χ2n) is 8.04. The van der Waals surface area contributed by atoms with E-state index in [-0.39, 0.29) is 17.9 Å². The highest BCUT2D eigenvalue weighted by atomic mass is 16.5. The van der Waals surface area contributed by atoms with Gasteiger partial charge in [-0.05, 0) is 42.3 Å². The van der Waals surface area contributed by atoms with Crippen molar-refractivity contribution in [3.63, 3.8) is 0 Å². The van der Waals surface area contributed by atoms with Crippen molar-refractivity contribution in [2.45, 2.75) is 25.6 Å². The SMILES string of the molecule is CCOc1ccc(N2C(=O)[C@@H]3[C@H](c4ccccc4)NN(Cc4ccccc4)[C@H]3C2=O)cc1. The summed E-state index contributed by atoms with van der Waals surface area (Å²) in [5, 5.41) is 1.92. The molecule has 162 valence electrons. The van der Waals surface area contributed by atoms with Crippen LogP contribution in [0.2, 0.25) is 0 Å². The van der Waals surface area contributed by atoms with Gasteiger partial charge >= 0.3 is 0 Å². The molecule has 2 amide bonds. The number of fused-ring (bicyclic) bond motifs is 1. The number of nitrogens with zero attached hydrogens (tertiary/aromatic N) is 2. The van der Waals surface area contributed by atoms with E-state index in [1.807, 2.05) is 72.6 Å². The topological polar surface area (TPSA) is 61.9 Å². The number of hydrogen-bond acceptors (Lipinski definition) is 5. The lowest BCUT2D eigenvalue weighted by Crippen LogP contribution is -2.45. The van der Waals surface area contributed by atoms with Crippen LogP contribution < -0.4 is 15.1 Å². The Bertz CT molecular complexity index is 1100. The zero-order valence-corrected chi connectivity index (χ0v) is 17.8. The Morgan fingerprint density at radius 3 is 2.16 bits per heavy atom. The second-order valence-corrected chi connectivity index (χ2v) is 8.04. The van der Waals surface area contributed by atoms with E-state index in [1.54, 1.807) is 24.3 Å². The number of benzene rings is 3. The lowest BCUT2D eigenvalue weighted by Gasteiger charge is -2.25. The van der Waals surface area contributed by atoms with Crippen LogP contribution in [-0.4, -0.2) is 29.5 Å². The summed E-state index contributed by atoms with van der Waals surface area (Å²) in [5.74, 6) is -0.169. The fourth-order valence-corrected chi connectivity index (χ4v) is 4.65. The molecule has 3 atom stereocenters. The molecule has 2 aliphatic rings. The molecule has 2 saturated heterocycles. The third-order valence-electron chi connectivity index (χ3n) is 6.08. The second kappa shape index (κ2) is 8.57. The highest BCUT2D eigenvalue weighted by molar-refractivity contribution is 6.24. The summed E-state index contributed by atoms with van der Waals surface area (Å²) >= 11 is 0. The Hall–Kier alpha value is -3.48. The number of imide groups is 1. The van der Waals surface area contributed by atoms with E-state index in [0.717, 1.165) is 11.1 Å². The van der Waals surface area contributed by atoms with Gasteiger partial charge in [-0.2, -0.15) is 0 Å². The molecule has 3 aromatic carbocycles. The average Bonchev–Trinajstić information content (AvgIpc) is 3.32. The molecule has 0 aromatic heterocycles. The summed E-state index contributed by atoms with van der Waals surface area (Å²) in [7, 11) is 0. The smallest absolute Gasteiger partial charge is 0.253 e. The first-order chi connectivity index (χ1) is 15.7. The largest absolute Gasteiger partial charge is 0.494 e. The van der Waals surface area contributed by atoms with Gasteiger partial charge in [0.25, 0.3) is 5.91 Å². The Morgan fingerprint density at radius 1 is 0.844 bits per heavy atom. The molecule has 2 fully saturated rings. The van der Waals surface area contributed by atoms with Gasteiger partial charge in [0.05, 0.1) is 24.3 Å². The van der Waals surface area contributed by atoms with Gasteiger partial charge in [0.1, 0.15) is 11.8 Å². The van der Waals surface area contributed by atoms with E-state index in [1.165, 1.54) is 4.90 Å². The van der Waals surface area contributed by atoms with Crippen molar-refractivity contribution in [3.05, 3.63) is 96.1 Å². The van der Waals surface area contributed by atoms with E-state index in [4.69, 9.17) is 4.74 Å². The van der Waals surface area contributed by atoms with Gasteiger partial charge in [0, 0.05) is 6.54 Å². The van der Waals surface area contributed by atoms with Gasteiger partial charge in [0.2, 0.25) is 5.91 Å². The standard InChI is InChI=1S/C26H25N3O3/c1-2-32-21-15-13-20(14-16-21)29-25(30)22-23(19-11-7-4-8-12-19)27-28(24(22)26(29)31)17-18-9-5-3-6-10-18/h3-16,22-24,27H,2,17H2,1H3/t22-,23+,24-/m1/s1. The summed E-state index contributed by atoms with van der Waals surface area (Å²) in [4.78, 5) is 28.5. The van der Waals surface area contributed by atoms with Gasteiger partial charge in [-0.3, -0.25) is 9.59 Å². The van der Waals surface area contributed by atoms with Crippen molar-refractivity contribution >= 4 is 17.5 Å². The minimum absolute atomic E-state index is 0.180. The van der Waals surface area contributed by atoms with E-state index in [9.17, 15) is 9.59 Å². The van der Waals surface area contributed by atoms with Gasteiger partial charge in [-0.15, -0.1) is 0 Å². The van der Waals surface area contributed by atoms with Crippen LogP contribution in [0.25, 0.3) is 0 Å². The third kappa shape index (κ3) is 3.57. The van der Waals surface area contributed by atoms with Crippen LogP contribution in [0.1, 0.15) is 24.1 Å². The first kappa shape index (κ1) is 20.4. The zero-order chi connectivity index (χ0) is 22.1. The average molecular weight is 428 g/mol. The van der Waals surface area contributed by atoms with Crippen molar-refractivity contribution in [1.82, 2.24) is 10.4 Å². The van der Waals surface area contributed by atoms with E-state index >= 15 is 0 Å². The Balaban J connectivity index is 1.50. The van der Waals surface area contributed by atoms with Gasteiger partial charge in [-0.25, -0.2) is 15.3 Å². The minimum Gasteiger partial charge on any atom is -0.494 e. The van der Waals surface area contributed by atoms with Crippen LogP contribution in [0.15, 0.2) is 84.9 Å². The number of ether oxygens (including phenoxy) is 1. The molecule has 0 spiro atoms. The molecule has 2 heterocycles. The number of nitrogens with one attached hydrogen (secondary N) is 1. The molecular weight excluding hydrogens is 402 g/mol. The lowest BCUT2D eigenvalue weighted by molar-refractivity contribution is -0.124. The van der Waals surface area contributed by atoms with Crippen LogP contribution in [0.4, 0.5) is 5.69 Å². The molecule has 0 radical (unpaired) electrons. The van der Waals surface area contributed by atoms with Crippen LogP contribution in [-0.2, 0) is 16.1 Å². The number of anilines is 1. The third-order valence-corrected chi connectivity index (χ3v) is 6.08. The molecule has 2 aliphatic heterocycles. The summed E-state index contributed by atoms with van der Waals surface area (Å²) in [5.41, 5.74) is 6.10. The molecule has 6 heteroatoms. The highest BCUT2D eigenvalue weighted by Crippen LogP contribution is 2.42. The van der Waals surface area contributed by atoms with Crippen molar-refractivity contribution in [3.8, 4) is 5.75 Å². The van der Waals surface area contributed by atoms with Crippen molar-refractivity contribution in [2.24, 2.45) is 5.92 Å². The summed E-state index contributed by atoms with van der Waals surface area (Å²) in [6.45, 7) is 3.01. The number of hydrazine groups is 1. The van der Waals surface area contributed by atoms with Crippen LogP contribution in [0.3, 0.4) is 0 Å². The fraction of sp³-hybridized carbons (Fsp3) is 0.231. The van der Waals surface area contributed by atoms with E-state index < -0.39 is 12.0 Å².